The van der Waals surface area contributed by atoms with Crippen molar-refractivity contribution >= 4 is 0 Å². The van der Waals surface area contributed by atoms with Crippen LogP contribution in [0.3, 0.4) is 0 Å². The maximum atomic E-state index is 13.4. The lowest BCUT2D eigenvalue weighted by Crippen LogP contribution is -2.22. The second-order valence-corrected chi connectivity index (χ2v) is 4.71. The summed E-state index contributed by atoms with van der Waals surface area (Å²) < 4.78 is 13.4. The Bertz CT molecular complexity index is 307. The first kappa shape index (κ1) is 14.2. The smallest absolute Gasteiger partial charge is 0.123 e. The number of hydrogen-bond acceptors (Lipinski definition) is 1. The molecule has 1 aromatic rings. The highest BCUT2D eigenvalue weighted by atomic mass is 19.1. The molecule has 0 aromatic heterocycles. The van der Waals surface area contributed by atoms with Crippen LogP contribution in [0.4, 0.5) is 4.39 Å². The van der Waals surface area contributed by atoms with Gasteiger partial charge in [0.25, 0.3) is 0 Å². The fourth-order valence-electron chi connectivity index (χ4n) is 2.08. The van der Waals surface area contributed by atoms with Crippen LogP contribution in [0.5, 0.6) is 0 Å². The fraction of sp³-hybridized carbons (Fsp3) is 0.600. The lowest BCUT2D eigenvalue weighted by molar-refractivity contribution is 0.478. The third-order valence-electron chi connectivity index (χ3n) is 2.95. The highest BCUT2D eigenvalue weighted by Gasteiger charge is 2.11. The molecule has 1 unspecified atom stereocenters. The maximum Gasteiger partial charge on any atom is 0.123 e. The molecule has 0 aliphatic carbocycles. The number of halogens is 1. The van der Waals surface area contributed by atoms with Gasteiger partial charge in [0.05, 0.1) is 0 Å². The Morgan fingerprint density at radius 1 is 1.18 bits per heavy atom. The van der Waals surface area contributed by atoms with Crippen LogP contribution in [-0.4, -0.2) is 6.54 Å². The Balaban J connectivity index is 2.78. The Morgan fingerprint density at radius 2 is 1.94 bits per heavy atom. The molecule has 0 heterocycles. The molecule has 0 bridgehead atoms. The van der Waals surface area contributed by atoms with E-state index in [1.165, 1.54) is 12.8 Å². The molecular formula is C15H24FN. The first-order valence-corrected chi connectivity index (χ1v) is 6.67. The number of aryl methyl sites for hydroxylation is 1. The average Bonchev–Trinajstić information content (AvgIpc) is 2.28. The number of rotatable bonds is 7. The fourth-order valence-corrected chi connectivity index (χ4v) is 2.08. The second-order valence-electron chi connectivity index (χ2n) is 4.71. The standard InChI is InChI=1S/C15H24FN/c1-4-6-7-15(17-8-5-2)13-9-12(3)10-14(16)11-13/h9-11,15,17H,4-8H2,1-3H3. The summed E-state index contributed by atoms with van der Waals surface area (Å²) in [7, 11) is 0. The first-order valence-electron chi connectivity index (χ1n) is 6.67. The van der Waals surface area contributed by atoms with Gasteiger partial charge >= 0.3 is 0 Å². The largest absolute Gasteiger partial charge is 0.310 e. The summed E-state index contributed by atoms with van der Waals surface area (Å²) in [6.07, 6.45) is 4.55. The van der Waals surface area contributed by atoms with Crippen LogP contribution in [-0.2, 0) is 0 Å². The Morgan fingerprint density at radius 3 is 2.53 bits per heavy atom. The maximum absolute atomic E-state index is 13.4. The molecule has 2 heteroatoms. The molecular weight excluding hydrogens is 213 g/mol. The van der Waals surface area contributed by atoms with Crippen molar-refractivity contribution < 1.29 is 4.39 Å². The predicted molar refractivity (Wildman–Crippen MR) is 71.7 cm³/mol. The minimum absolute atomic E-state index is 0.125. The van der Waals surface area contributed by atoms with E-state index in [4.69, 9.17) is 0 Å². The van der Waals surface area contributed by atoms with E-state index >= 15 is 0 Å². The number of hydrogen-bond donors (Lipinski definition) is 1. The molecule has 0 aliphatic heterocycles. The molecule has 1 atom stereocenters. The molecule has 1 nitrogen and oxygen atoms in total. The molecule has 96 valence electrons. The molecule has 0 saturated carbocycles. The van der Waals surface area contributed by atoms with Gasteiger partial charge in [-0.1, -0.05) is 32.8 Å². The zero-order valence-electron chi connectivity index (χ0n) is 11.2. The number of nitrogens with one attached hydrogen (secondary N) is 1. The van der Waals surface area contributed by atoms with Gasteiger partial charge in [0.1, 0.15) is 5.82 Å². The van der Waals surface area contributed by atoms with Gasteiger partial charge in [-0.05, 0) is 49.6 Å². The average molecular weight is 237 g/mol. The van der Waals surface area contributed by atoms with Crippen molar-refractivity contribution in [3.63, 3.8) is 0 Å². The van der Waals surface area contributed by atoms with E-state index in [-0.39, 0.29) is 5.82 Å². The van der Waals surface area contributed by atoms with Crippen molar-refractivity contribution in [2.45, 2.75) is 52.5 Å². The van der Waals surface area contributed by atoms with Crippen molar-refractivity contribution in [2.24, 2.45) is 0 Å². The topological polar surface area (TPSA) is 12.0 Å². The lowest BCUT2D eigenvalue weighted by atomic mass is 9.99. The molecule has 0 spiro atoms. The molecule has 0 radical (unpaired) electrons. The molecule has 0 saturated heterocycles. The van der Waals surface area contributed by atoms with Gasteiger partial charge in [-0.15, -0.1) is 0 Å². The van der Waals surface area contributed by atoms with Crippen molar-refractivity contribution in [1.82, 2.24) is 5.32 Å². The Hall–Kier alpha value is -0.890. The third kappa shape index (κ3) is 4.86. The van der Waals surface area contributed by atoms with E-state index in [1.54, 1.807) is 12.1 Å². The van der Waals surface area contributed by atoms with Gasteiger partial charge in [0.2, 0.25) is 0 Å². The van der Waals surface area contributed by atoms with Gasteiger partial charge in [0.15, 0.2) is 0 Å². The molecule has 17 heavy (non-hydrogen) atoms. The van der Waals surface area contributed by atoms with E-state index in [9.17, 15) is 4.39 Å². The first-order chi connectivity index (χ1) is 8.17. The highest BCUT2D eigenvalue weighted by Crippen LogP contribution is 2.21. The van der Waals surface area contributed by atoms with Crippen molar-refractivity contribution in [1.29, 1.82) is 0 Å². The van der Waals surface area contributed by atoms with Crippen LogP contribution >= 0.6 is 0 Å². The zero-order chi connectivity index (χ0) is 12.7. The van der Waals surface area contributed by atoms with Crippen molar-refractivity contribution in [2.75, 3.05) is 6.54 Å². The van der Waals surface area contributed by atoms with Crippen LogP contribution in [0.2, 0.25) is 0 Å². The summed E-state index contributed by atoms with van der Waals surface area (Å²) in [5, 5.41) is 3.51. The lowest BCUT2D eigenvalue weighted by Gasteiger charge is -2.19. The second kappa shape index (κ2) is 7.44. The van der Waals surface area contributed by atoms with Gasteiger partial charge in [-0.25, -0.2) is 4.39 Å². The van der Waals surface area contributed by atoms with Gasteiger partial charge < -0.3 is 5.32 Å². The summed E-state index contributed by atoms with van der Waals surface area (Å²) in [4.78, 5) is 0. The van der Waals surface area contributed by atoms with Gasteiger partial charge in [0, 0.05) is 6.04 Å². The third-order valence-corrected chi connectivity index (χ3v) is 2.95. The van der Waals surface area contributed by atoms with Crippen LogP contribution in [0.25, 0.3) is 0 Å². The number of benzene rings is 1. The van der Waals surface area contributed by atoms with Crippen molar-refractivity contribution in [3.05, 3.63) is 35.1 Å². The monoisotopic (exact) mass is 237 g/mol. The minimum atomic E-state index is -0.125. The van der Waals surface area contributed by atoms with Gasteiger partial charge in [-0.2, -0.15) is 0 Å². The van der Waals surface area contributed by atoms with Crippen LogP contribution in [0, 0.1) is 12.7 Å². The molecule has 1 rings (SSSR count). The summed E-state index contributed by atoms with van der Waals surface area (Å²) >= 11 is 0. The molecule has 1 aromatic carbocycles. The SMILES string of the molecule is CCCCC(NCCC)c1cc(C)cc(F)c1. The molecule has 0 fully saturated rings. The molecule has 0 aliphatic rings. The van der Waals surface area contributed by atoms with Gasteiger partial charge in [-0.3, -0.25) is 0 Å². The predicted octanol–water partition coefficient (Wildman–Crippen LogP) is 4.37. The summed E-state index contributed by atoms with van der Waals surface area (Å²) in [6, 6.07) is 5.63. The van der Waals surface area contributed by atoms with E-state index in [0.717, 1.165) is 30.5 Å². The van der Waals surface area contributed by atoms with Crippen LogP contribution < -0.4 is 5.32 Å². The van der Waals surface area contributed by atoms with E-state index in [0.29, 0.717) is 6.04 Å². The highest BCUT2D eigenvalue weighted by molar-refractivity contribution is 5.26. The van der Waals surface area contributed by atoms with Crippen molar-refractivity contribution in [3.8, 4) is 0 Å². The normalized spacial score (nSPS) is 12.7. The summed E-state index contributed by atoms with van der Waals surface area (Å²) in [6.45, 7) is 7.28. The summed E-state index contributed by atoms with van der Waals surface area (Å²) in [5.74, 6) is -0.125. The molecule has 0 amide bonds. The van der Waals surface area contributed by atoms with E-state index in [2.05, 4.69) is 25.2 Å². The zero-order valence-corrected chi connectivity index (χ0v) is 11.2. The van der Waals surface area contributed by atoms with Crippen LogP contribution in [0.15, 0.2) is 18.2 Å². The Labute approximate surface area is 104 Å². The quantitative estimate of drug-likeness (QED) is 0.742. The minimum Gasteiger partial charge on any atom is -0.310 e. The van der Waals surface area contributed by atoms with Crippen LogP contribution in [0.1, 0.15) is 56.7 Å². The molecule has 1 N–H and O–H groups in total. The summed E-state index contributed by atoms with van der Waals surface area (Å²) in [5.41, 5.74) is 2.09. The Kier molecular flexibility index (Phi) is 6.20. The van der Waals surface area contributed by atoms with E-state index < -0.39 is 0 Å². The number of unbranched alkanes of at least 4 members (excludes halogenated alkanes) is 1. The van der Waals surface area contributed by atoms with E-state index in [1.807, 2.05) is 6.92 Å².